The maximum Gasteiger partial charge on any atom is 0.270 e. The standard InChI is InChI=1S/C11H16IN2O2P/c1-8-5-9(7-10(6-8)14(15)16)11(13)3-2-4-17-12/h5-7,11,17H,2-4,13H2,1H3. The molecule has 2 N–H and O–H groups in total. The number of nitrogens with two attached hydrogens (primary N) is 1. The molecule has 0 aliphatic heterocycles. The number of rotatable bonds is 6. The van der Waals surface area contributed by atoms with Crippen molar-refractivity contribution < 1.29 is 4.92 Å². The van der Waals surface area contributed by atoms with E-state index in [-0.39, 0.29) is 16.7 Å². The average molecular weight is 366 g/mol. The molecule has 0 aromatic heterocycles. The second-order valence-electron chi connectivity index (χ2n) is 3.99. The molecule has 6 heteroatoms. The number of aryl methyl sites for hydroxylation is 1. The van der Waals surface area contributed by atoms with Crippen molar-refractivity contribution in [1.82, 2.24) is 0 Å². The van der Waals surface area contributed by atoms with Crippen molar-refractivity contribution in [1.29, 1.82) is 0 Å². The highest BCUT2D eigenvalue weighted by atomic mass is 127. The predicted octanol–water partition coefficient (Wildman–Crippen LogP) is 3.71. The molecule has 0 saturated heterocycles. The highest BCUT2D eigenvalue weighted by Gasteiger charge is 2.12. The van der Waals surface area contributed by atoms with E-state index in [1.165, 1.54) is 6.16 Å². The van der Waals surface area contributed by atoms with Gasteiger partial charge in [0.2, 0.25) is 0 Å². The fourth-order valence-electron chi connectivity index (χ4n) is 1.67. The molecule has 17 heavy (non-hydrogen) atoms. The van der Waals surface area contributed by atoms with E-state index >= 15 is 0 Å². The van der Waals surface area contributed by atoms with E-state index in [1.54, 1.807) is 12.1 Å². The van der Waals surface area contributed by atoms with Crippen molar-refractivity contribution in [2.45, 2.75) is 25.8 Å². The van der Waals surface area contributed by atoms with Gasteiger partial charge in [-0.15, -0.1) is 0 Å². The van der Waals surface area contributed by atoms with Crippen LogP contribution in [0, 0.1) is 17.0 Å². The van der Waals surface area contributed by atoms with Crippen LogP contribution in [-0.2, 0) is 0 Å². The van der Waals surface area contributed by atoms with Gasteiger partial charge in [0, 0.05) is 18.2 Å². The Bertz CT molecular complexity index is 401. The number of nitro benzene ring substituents is 1. The molecule has 4 nitrogen and oxygen atoms in total. The number of halogens is 1. The van der Waals surface area contributed by atoms with Crippen LogP contribution in [0.2, 0.25) is 0 Å². The SMILES string of the molecule is Cc1cc(C(N)CCCPI)cc([N+](=O)[O-])c1. The second kappa shape index (κ2) is 7.24. The highest BCUT2D eigenvalue weighted by Crippen LogP contribution is 2.26. The summed E-state index contributed by atoms with van der Waals surface area (Å²) in [4.78, 5) is 10.4. The number of hydrogen-bond donors (Lipinski definition) is 1. The molecule has 0 saturated carbocycles. The van der Waals surface area contributed by atoms with Crippen molar-refractivity contribution in [3.63, 3.8) is 0 Å². The Morgan fingerprint density at radius 3 is 2.82 bits per heavy atom. The summed E-state index contributed by atoms with van der Waals surface area (Å²) in [6.07, 6.45) is 4.04. The summed E-state index contributed by atoms with van der Waals surface area (Å²) in [6, 6.07) is 5.00. The molecule has 0 radical (unpaired) electrons. The van der Waals surface area contributed by atoms with Crippen molar-refractivity contribution >= 4 is 34.0 Å². The van der Waals surface area contributed by atoms with Crippen molar-refractivity contribution in [3.8, 4) is 0 Å². The molecule has 1 rings (SSSR count). The van der Waals surface area contributed by atoms with Gasteiger partial charge < -0.3 is 5.73 Å². The maximum absolute atomic E-state index is 10.8. The molecule has 2 unspecified atom stereocenters. The second-order valence-corrected chi connectivity index (χ2v) is 7.05. The van der Waals surface area contributed by atoms with Crippen LogP contribution in [-0.4, -0.2) is 11.1 Å². The van der Waals surface area contributed by atoms with Crippen LogP contribution in [0.5, 0.6) is 0 Å². The molecule has 0 aliphatic carbocycles. The third kappa shape index (κ3) is 4.85. The number of nitro groups is 1. The first-order chi connectivity index (χ1) is 8.04. The van der Waals surface area contributed by atoms with E-state index in [4.69, 9.17) is 5.73 Å². The average Bonchev–Trinajstić information content (AvgIpc) is 2.28. The molecule has 0 heterocycles. The van der Waals surface area contributed by atoms with Crippen LogP contribution in [0.4, 0.5) is 5.69 Å². The van der Waals surface area contributed by atoms with Crippen LogP contribution in [0.15, 0.2) is 18.2 Å². The fraction of sp³-hybridized carbons (Fsp3) is 0.455. The van der Waals surface area contributed by atoms with Crippen LogP contribution in [0.3, 0.4) is 0 Å². The summed E-state index contributed by atoms with van der Waals surface area (Å²) >= 11 is 2.37. The van der Waals surface area contributed by atoms with Gasteiger partial charge in [0.15, 0.2) is 0 Å². The van der Waals surface area contributed by atoms with Gasteiger partial charge in [-0.05, 0) is 37.1 Å². The molecule has 1 aromatic carbocycles. The monoisotopic (exact) mass is 366 g/mol. The Balaban J connectivity index is 2.78. The molecular weight excluding hydrogens is 350 g/mol. The van der Waals surface area contributed by atoms with Crippen molar-refractivity contribution in [2.24, 2.45) is 5.73 Å². The zero-order valence-electron chi connectivity index (χ0n) is 9.65. The van der Waals surface area contributed by atoms with Gasteiger partial charge in [-0.25, -0.2) is 0 Å². The van der Waals surface area contributed by atoms with Crippen LogP contribution < -0.4 is 5.73 Å². The van der Waals surface area contributed by atoms with Gasteiger partial charge in [-0.3, -0.25) is 10.1 Å². The summed E-state index contributed by atoms with van der Waals surface area (Å²) in [5.74, 6) is 0. The third-order valence-electron chi connectivity index (χ3n) is 2.51. The molecule has 0 fully saturated rings. The van der Waals surface area contributed by atoms with E-state index in [0.717, 1.165) is 30.2 Å². The van der Waals surface area contributed by atoms with Crippen LogP contribution in [0.25, 0.3) is 0 Å². The number of non-ortho nitro benzene ring substituents is 1. The lowest BCUT2D eigenvalue weighted by Crippen LogP contribution is -2.11. The van der Waals surface area contributed by atoms with Gasteiger partial charge in [0.05, 0.1) is 4.92 Å². The minimum absolute atomic E-state index is 0.0960. The predicted molar refractivity (Wildman–Crippen MR) is 81.2 cm³/mol. The lowest BCUT2D eigenvalue weighted by Gasteiger charge is -2.12. The Labute approximate surface area is 116 Å². The largest absolute Gasteiger partial charge is 0.324 e. The topological polar surface area (TPSA) is 69.2 Å². The summed E-state index contributed by atoms with van der Waals surface area (Å²) in [7, 11) is 0. The first kappa shape index (κ1) is 14.8. The molecule has 0 amide bonds. The zero-order valence-corrected chi connectivity index (χ0v) is 12.8. The summed E-state index contributed by atoms with van der Waals surface area (Å²) in [6.45, 7) is 1.86. The Kier molecular flexibility index (Phi) is 6.30. The highest BCUT2D eigenvalue weighted by molar-refractivity contribution is 14.2. The third-order valence-corrected chi connectivity index (χ3v) is 4.67. The molecule has 2 atom stereocenters. The Morgan fingerprint density at radius 1 is 1.53 bits per heavy atom. The zero-order chi connectivity index (χ0) is 12.8. The van der Waals surface area contributed by atoms with Gasteiger partial charge in [-0.1, -0.05) is 34.3 Å². The smallest absolute Gasteiger partial charge is 0.270 e. The van der Waals surface area contributed by atoms with E-state index in [0.29, 0.717) is 0 Å². The quantitative estimate of drug-likeness (QED) is 0.274. The first-order valence-corrected chi connectivity index (χ1v) is 9.71. The molecule has 1 aromatic rings. The normalized spacial score (nSPS) is 13.1. The van der Waals surface area contributed by atoms with Crippen molar-refractivity contribution in [3.05, 3.63) is 39.4 Å². The Hall–Kier alpha value is -0.260. The minimum atomic E-state index is -0.366. The molecule has 0 bridgehead atoms. The van der Waals surface area contributed by atoms with Crippen LogP contribution in [0.1, 0.15) is 30.0 Å². The minimum Gasteiger partial charge on any atom is -0.324 e. The molecule has 0 aliphatic rings. The molecule has 0 spiro atoms. The number of benzene rings is 1. The molecule has 94 valence electrons. The van der Waals surface area contributed by atoms with E-state index < -0.39 is 0 Å². The van der Waals surface area contributed by atoms with Gasteiger partial charge >= 0.3 is 0 Å². The summed E-state index contributed by atoms with van der Waals surface area (Å²) < 4.78 is 0. The van der Waals surface area contributed by atoms with E-state index in [1.807, 2.05) is 13.0 Å². The maximum atomic E-state index is 10.8. The fourth-order valence-corrected chi connectivity index (χ4v) is 3.15. The lowest BCUT2D eigenvalue weighted by molar-refractivity contribution is -0.385. The van der Waals surface area contributed by atoms with Gasteiger partial charge in [-0.2, -0.15) is 0 Å². The number of hydrogen-bond acceptors (Lipinski definition) is 3. The molecular formula is C11H16IN2O2P. The van der Waals surface area contributed by atoms with E-state index in [9.17, 15) is 10.1 Å². The van der Waals surface area contributed by atoms with Gasteiger partial charge in [0.25, 0.3) is 5.69 Å². The number of nitrogens with zero attached hydrogens (tertiary/aromatic N) is 1. The van der Waals surface area contributed by atoms with Crippen molar-refractivity contribution in [2.75, 3.05) is 6.16 Å². The van der Waals surface area contributed by atoms with E-state index in [2.05, 4.69) is 22.0 Å². The van der Waals surface area contributed by atoms with Gasteiger partial charge in [0.1, 0.15) is 0 Å². The van der Waals surface area contributed by atoms with Crippen LogP contribution >= 0.6 is 28.3 Å². The summed E-state index contributed by atoms with van der Waals surface area (Å²) in [5, 5.41) is 10.8. The summed E-state index contributed by atoms with van der Waals surface area (Å²) in [5.41, 5.74) is 7.94. The lowest BCUT2D eigenvalue weighted by atomic mass is 10.0. The Morgan fingerprint density at radius 2 is 2.24 bits per heavy atom. The first-order valence-electron chi connectivity index (χ1n) is 5.39.